The van der Waals surface area contributed by atoms with E-state index >= 15 is 0 Å². The maximum atomic E-state index is 4.69. The number of nitrogens with zero attached hydrogens (tertiary/aromatic N) is 2. The molecule has 0 atom stereocenters. The summed E-state index contributed by atoms with van der Waals surface area (Å²) in [5.41, 5.74) is 1.15. The summed E-state index contributed by atoms with van der Waals surface area (Å²) >= 11 is 3.56. The van der Waals surface area contributed by atoms with Gasteiger partial charge in [-0.05, 0) is 30.3 Å². The van der Waals surface area contributed by atoms with Crippen molar-refractivity contribution in [3.8, 4) is 0 Å². The van der Waals surface area contributed by atoms with Gasteiger partial charge in [0.05, 0.1) is 5.69 Å². The van der Waals surface area contributed by atoms with Crippen LogP contribution in [0.5, 0.6) is 0 Å². The van der Waals surface area contributed by atoms with Gasteiger partial charge >= 0.3 is 0 Å². The highest BCUT2D eigenvalue weighted by atomic mass is 32.1. The number of nitrogens with one attached hydrogen (secondary N) is 1. The number of hydrogen-bond donors (Lipinski definition) is 1. The van der Waals surface area contributed by atoms with Crippen molar-refractivity contribution in [2.45, 2.75) is 26.8 Å². The minimum Gasteiger partial charge on any atom is -0.351 e. The van der Waals surface area contributed by atoms with Crippen molar-refractivity contribution in [3.63, 3.8) is 0 Å². The first-order valence-electron chi connectivity index (χ1n) is 7.04. The Labute approximate surface area is 129 Å². The first-order valence-corrected chi connectivity index (χ1v) is 8.79. The summed E-state index contributed by atoms with van der Waals surface area (Å²) in [6, 6.07) is 4.31. The molecule has 0 unspecified atom stereocenters. The summed E-state index contributed by atoms with van der Waals surface area (Å²) in [6.07, 6.45) is 1.09. The van der Waals surface area contributed by atoms with Gasteiger partial charge in [-0.1, -0.05) is 19.9 Å². The normalized spacial score (nSPS) is 11.2. The van der Waals surface area contributed by atoms with Crippen LogP contribution in [0.1, 0.15) is 24.4 Å². The topological polar surface area (TPSA) is 28.2 Å². The van der Waals surface area contributed by atoms with Gasteiger partial charge in [0.25, 0.3) is 0 Å². The Hall–Kier alpha value is -0.910. The monoisotopic (exact) mass is 309 g/mol. The largest absolute Gasteiger partial charge is 0.351 e. The highest BCUT2D eigenvalue weighted by molar-refractivity contribution is 7.13. The minimum atomic E-state index is 0.682. The van der Waals surface area contributed by atoms with Crippen LogP contribution < -0.4 is 10.2 Å². The van der Waals surface area contributed by atoms with Gasteiger partial charge in [0.2, 0.25) is 0 Å². The van der Waals surface area contributed by atoms with Crippen LogP contribution in [0.4, 0.5) is 5.13 Å². The maximum Gasteiger partial charge on any atom is 0.185 e. The van der Waals surface area contributed by atoms with Crippen LogP contribution in [-0.2, 0) is 13.0 Å². The van der Waals surface area contributed by atoms with Crippen LogP contribution in [0.3, 0.4) is 0 Å². The Balaban J connectivity index is 1.78. The number of likely N-dealkylation sites (N-methyl/N-ethyl adjacent to an activating group) is 1. The number of anilines is 1. The molecular formula is C15H23N3S2. The second-order valence-electron chi connectivity index (χ2n) is 5.40. The first-order chi connectivity index (χ1) is 9.65. The summed E-state index contributed by atoms with van der Waals surface area (Å²) in [4.78, 5) is 8.38. The van der Waals surface area contributed by atoms with Gasteiger partial charge in [0, 0.05) is 30.4 Å². The van der Waals surface area contributed by atoms with E-state index in [0.29, 0.717) is 5.92 Å². The minimum absolute atomic E-state index is 0.682. The highest BCUT2D eigenvalue weighted by Crippen LogP contribution is 2.20. The van der Waals surface area contributed by atoms with E-state index in [4.69, 9.17) is 4.98 Å². The molecule has 0 saturated heterocycles. The second kappa shape index (κ2) is 7.76. The van der Waals surface area contributed by atoms with Crippen molar-refractivity contribution in [1.82, 2.24) is 10.3 Å². The fourth-order valence-electron chi connectivity index (χ4n) is 1.87. The Kier molecular flexibility index (Phi) is 6.01. The van der Waals surface area contributed by atoms with Crippen molar-refractivity contribution in [2.24, 2.45) is 5.92 Å². The molecule has 0 aliphatic carbocycles. The van der Waals surface area contributed by atoms with Crippen LogP contribution in [0, 0.1) is 5.92 Å². The third-order valence-electron chi connectivity index (χ3n) is 3.00. The van der Waals surface area contributed by atoms with E-state index in [-0.39, 0.29) is 0 Å². The van der Waals surface area contributed by atoms with Crippen LogP contribution in [0.25, 0.3) is 0 Å². The Morgan fingerprint density at radius 1 is 1.35 bits per heavy atom. The van der Waals surface area contributed by atoms with E-state index in [1.54, 1.807) is 11.3 Å². The zero-order valence-electron chi connectivity index (χ0n) is 12.4. The van der Waals surface area contributed by atoms with E-state index < -0.39 is 0 Å². The Morgan fingerprint density at radius 3 is 2.90 bits per heavy atom. The summed E-state index contributed by atoms with van der Waals surface area (Å²) < 4.78 is 0. The van der Waals surface area contributed by atoms with E-state index in [1.165, 1.54) is 4.88 Å². The summed E-state index contributed by atoms with van der Waals surface area (Å²) in [7, 11) is 2.12. The van der Waals surface area contributed by atoms with Crippen LogP contribution in [0.2, 0.25) is 0 Å². The van der Waals surface area contributed by atoms with Crippen molar-refractivity contribution in [3.05, 3.63) is 33.5 Å². The van der Waals surface area contributed by atoms with E-state index in [9.17, 15) is 0 Å². The molecule has 2 aromatic rings. The molecule has 0 radical (unpaired) electrons. The Bertz CT molecular complexity index is 491. The molecule has 3 nitrogen and oxygen atoms in total. The number of hydrogen-bond acceptors (Lipinski definition) is 5. The highest BCUT2D eigenvalue weighted by Gasteiger charge is 2.07. The van der Waals surface area contributed by atoms with Gasteiger partial charge in [0.1, 0.15) is 0 Å². The molecule has 0 aliphatic heterocycles. The number of aromatic nitrogens is 1. The molecule has 0 aliphatic rings. The fourth-order valence-corrected chi connectivity index (χ4v) is 3.39. The van der Waals surface area contributed by atoms with Crippen LogP contribution in [0.15, 0.2) is 22.9 Å². The first kappa shape index (κ1) is 15.5. The van der Waals surface area contributed by atoms with Crippen molar-refractivity contribution < 1.29 is 0 Å². The lowest BCUT2D eigenvalue weighted by atomic mass is 10.2. The van der Waals surface area contributed by atoms with Gasteiger partial charge in [-0.2, -0.15) is 0 Å². The Morgan fingerprint density at radius 2 is 2.20 bits per heavy atom. The van der Waals surface area contributed by atoms with Gasteiger partial charge in [-0.3, -0.25) is 0 Å². The number of rotatable bonds is 8. The molecular weight excluding hydrogens is 286 g/mol. The molecule has 2 rings (SSSR count). The average molecular weight is 310 g/mol. The molecule has 2 heterocycles. The van der Waals surface area contributed by atoms with E-state index in [2.05, 4.69) is 54.0 Å². The predicted octanol–water partition coefficient (Wildman–Crippen LogP) is 3.63. The van der Waals surface area contributed by atoms with E-state index in [0.717, 1.165) is 36.9 Å². The number of thiazole rings is 1. The molecule has 0 bridgehead atoms. The third kappa shape index (κ3) is 4.89. The SMILES string of the molecule is CC(C)CNCc1csc(N(C)CCc2cccs2)n1. The number of thiophene rings is 1. The van der Waals surface area contributed by atoms with Crippen molar-refractivity contribution >= 4 is 27.8 Å². The zero-order chi connectivity index (χ0) is 14.4. The van der Waals surface area contributed by atoms with Gasteiger partial charge in [-0.25, -0.2) is 4.98 Å². The molecule has 0 spiro atoms. The molecule has 1 N–H and O–H groups in total. The van der Waals surface area contributed by atoms with E-state index in [1.807, 2.05) is 11.3 Å². The molecule has 0 fully saturated rings. The lowest BCUT2D eigenvalue weighted by Crippen LogP contribution is -2.21. The smallest absolute Gasteiger partial charge is 0.185 e. The zero-order valence-corrected chi connectivity index (χ0v) is 14.1. The van der Waals surface area contributed by atoms with Crippen LogP contribution in [-0.4, -0.2) is 25.1 Å². The lowest BCUT2D eigenvalue weighted by molar-refractivity contribution is 0.549. The summed E-state index contributed by atoms with van der Waals surface area (Å²) in [5.74, 6) is 0.682. The molecule has 0 saturated carbocycles. The summed E-state index contributed by atoms with van der Waals surface area (Å²) in [6.45, 7) is 7.37. The van der Waals surface area contributed by atoms with Gasteiger partial charge < -0.3 is 10.2 Å². The van der Waals surface area contributed by atoms with Gasteiger partial charge in [0.15, 0.2) is 5.13 Å². The molecule has 110 valence electrons. The quantitative estimate of drug-likeness (QED) is 0.807. The predicted molar refractivity (Wildman–Crippen MR) is 90.0 cm³/mol. The van der Waals surface area contributed by atoms with Crippen molar-refractivity contribution in [2.75, 3.05) is 25.0 Å². The van der Waals surface area contributed by atoms with Crippen molar-refractivity contribution in [1.29, 1.82) is 0 Å². The fraction of sp³-hybridized carbons (Fsp3) is 0.533. The van der Waals surface area contributed by atoms with Gasteiger partial charge in [-0.15, -0.1) is 22.7 Å². The average Bonchev–Trinajstić information content (AvgIpc) is 3.06. The molecule has 20 heavy (non-hydrogen) atoms. The van der Waals surface area contributed by atoms with Crippen LogP contribution >= 0.6 is 22.7 Å². The second-order valence-corrected chi connectivity index (χ2v) is 7.27. The third-order valence-corrected chi connectivity index (χ3v) is 4.94. The standard InChI is InChI=1S/C15H23N3S2/c1-12(2)9-16-10-13-11-20-15(17-13)18(3)7-6-14-5-4-8-19-14/h4-5,8,11-12,16H,6-7,9-10H2,1-3H3. The lowest BCUT2D eigenvalue weighted by Gasteiger charge is -2.14. The molecule has 2 aromatic heterocycles. The summed E-state index contributed by atoms with van der Waals surface area (Å²) in [5, 5.41) is 8.84. The molecule has 0 aromatic carbocycles. The maximum absolute atomic E-state index is 4.69. The molecule has 0 amide bonds. The molecule has 5 heteroatoms.